The zero-order valence-electron chi connectivity index (χ0n) is 10.5. The van der Waals surface area contributed by atoms with Crippen molar-refractivity contribution < 1.29 is 0 Å². The minimum Gasteiger partial charge on any atom is -0.324 e. The van der Waals surface area contributed by atoms with Crippen LogP contribution in [-0.4, -0.2) is 0 Å². The van der Waals surface area contributed by atoms with Crippen LogP contribution in [0.15, 0.2) is 54.6 Å². The van der Waals surface area contributed by atoms with Crippen molar-refractivity contribution in [3.8, 4) is 11.1 Å². The van der Waals surface area contributed by atoms with Gasteiger partial charge < -0.3 is 5.73 Å². The van der Waals surface area contributed by atoms with Gasteiger partial charge in [0.15, 0.2) is 0 Å². The van der Waals surface area contributed by atoms with Crippen LogP contribution in [-0.2, 0) is 0 Å². The molecule has 1 nitrogen and oxygen atoms in total. The van der Waals surface area contributed by atoms with Crippen LogP contribution >= 0.6 is 0 Å². The quantitative estimate of drug-likeness (QED) is 0.852. The smallest absolute Gasteiger partial charge is 0.0323 e. The molecule has 0 amide bonds. The summed E-state index contributed by atoms with van der Waals surface area (Å²) in [7, 11) is 0. The first-order valence-corrected chi connectivity index (χ1v) is 6.75. The Morgan fingerprint density at radius 2 is 1.44 bits per heavy atom. The molecule has 0 aliphatic heterocycles. The molecular formula is C17H19N. The summed E-state index contributed by atoms with van der Waals surface area (Å²) in [5, 5.41) is 0. The van der Waals surface area contributed by atoms with Crippen LogP contribution in [0.5, 0.6) is 0 Å². The first kappa shape index (κ1) is 11.5. The molecule has 18 heavy (non-hydrogen) atoms. The lowest BCUT2D eigenvalue weighted by Crippen LogP contribution is -2.26. The summed E-state index contributed by atoms with van der Waals surface area (Å²) in [6, 6.07) is 19.4. The van der Waals surface area contributed by atoms with Crippen LogP contribution in [0.2, 0.25) is 0 Å². The number of hydrogen-bond acceptors (Lipinski definition) is 1. The summed E-state index contributed by atoms with van der Waals surface area (Å²) >= 11 is 0. The van der Waals surface area contributed by atoms with E-state index in [9.17, 15) is 0 Å². The molecule has 1 aliphatic rings. The maximum absolute atomic E-state index is 6.29. The Balaban J connectivity index is 1.80. The van der Waals surface area contributed by atoms with Crippen LogP contribution in [0.25, 0.3) is 11.1 Å². The average molecular weight is 237 g/mol. The highest BCUT2D eigenvalue weighted by molar-refractivity contribution is 5.63. The minimum absolute atomic E-state index is 0.226. The van der Waals surface area contributed by atoms with E-state index >= 15 is 0 Å². The summed E-state index contributed by atoms with van der Waals surface area (Å²) in [6.07, 6.45) is 3.93. The number of hydrogen-bond donors (Lipinski definition) is 1. The summed E-state index contributed by atoms with van der Waals surface area (Å²) in [4.78, 5) is 0. The van der Waals surface area contributed by atoms with Gasteiger partial charge in [0.2, 0.25) is 0 Å². The fourth-order valence-electron chi connectivity index (χ4n) is 2.60. The van der Waals surface area contributed by atoms with Crippen LogP contribution in [0.3, 0.4) is 0 Å². The molecule has 0 radical (unpaired) electrons. The zero-order chi connectivity index (χ0) is 12.4. The molecule has 1 atom stereocenters. The van der Waals surface area contributed by atoms with Gasteiger partial charge in [-0.2, -0.15) is 0 Å². The predicted octanol–water partition coefficient (Wildman–Crippen LogP) is 4.15. The summed E-state index contributed by atoms with van der Waals surface area (Å²) in [5.41, 5.74) is 10.1. The van der Waals surface area contributed by atoms with Crippen molar-refractivity contribution in [1.82, 2.24) is 0 Å². The normalized spacial score (nSPS) is 17.2. The van der Waals surface area contributed by atoms with E-state index in [0.717, 1.165) is 0 Å². The van der Waals surface area contributed by atoms with Gasteiger partial charge >= 0.3 is 0 Å². The van der Waals surface area contributed by atoms with Crippen LogP contribution in [0, 0.1) is 5.92 Å². The van der Waals surface area contributed by atoms with Gasteiger partial charge in [-0.1, -0.05) is 61.0 Å². The van der Waals surface area contributed by atoms with E-state index in [4.69, 9.17) is 5.73 Å². The Morgan fingerprint density at radius 1 is 0.833 bits per heavy atom. The number of benzene rings is 2. The van der Waals surface area contributed by atoms with Crippen LogP contribution in [0.1, 0.15) is 30.9 Å². The fraction of sp³-hybridized carbons (Fsp3) is 0.294. The Kier molecular flexibility index (Phi) is 3.16. The molecule has 2 N–H and O–H groups in total. The van der Waals surface area contributed by atoms with Gasteiger partial charge in [0.25, 0.3) is 0 Å². The molecule has 1 saturated carbocycles. The minimum atomic E-state index is 0.226. The molecule has 1 fully saturated rings. The van der Waals surface area contributed by atoms with E-state index in [-0.39, 0.29) is 6.04 Å². The molecule has 0 unspecified atom stereocenters. The molecule has 2 aromatic rings. The SMILES string of the molecule is N[C@@H](c1ccc(-c2ccccc2)cc1)C1CCC1. The highest BCUT2D eigenvalue weighted by Crippen LogP contribution is 2.36. The molecule has 1 aliphatic carbocycles. The first-order valence-electron chi connectivity index (χ1n) is 6.75. The van der Waals surface area contributed by atoms with Crippen molar-refractivity contribution in [3.05, 3.63) is 60.2 Å². The topological polar surface area (TPSA) is 26.0 Å². The molecule has 0 saturated heterocycles. The van der Waals surface area contributed by atoms with Gasteiger partial charge in [-0.05, 0) is 35.4 Å². The van der Waals surface area contributed by atoms with E-state index in [1.807, 2.05) is 6.07 Å². The van der Waals surface area contributed by atoms with Gasteiger partial charge in [-0.25, -0.2) is 0 Å². The third kappa shape index (κ3) is 2.19. The fourth-order valence-corrected chi connectivity index (χ4v) is 2.60. The zero-order valence-corrected chi connectivity index (χ0v) is 10.5. The van der Waals surface area contributed by atoms with Gasteiger partial charge in [-0.3, -0.25) is 0 Å². The van der Waals surface area contributed by atoms with E-state index in [2.05, 4.69) is 48.5 Å². The largest absolute Gasteiger partial charge is 0.324 e. The second-order valence-corrected chi connectivity index (χ2v) is 5.20. The molecule has 0 bridgehead atoms. The third-order valence-corrected chi connectivity index (χ3v) is 4.06. The maximum atomic E-state index is 6.29. The molecular weight excluding hydrogens is 218 g/mol. The maximum Gasteiger partial charge on any atom is 0.0323 e. The van der Waals surface area contributed by atoms with Crippen molar-refractivity contribution in [2.75, 3.05) is 0 Å². The molecule has 2 aromatic carbocycles. The van der Waals surface area contributed by atoms with E-state index in [1.165, 1.54) is 36.0 Å². The average Bonchev–Trinajstić information content (AvgIpc) is 2.38. The third-order valence-electron chi connectivity index (χ3n) is 4.06. The number of rotatable bonds is 3. The Morgan fingerprint density at radius 3 is 2.00 bits per heavy atom. The Bertz CT molecular complexity index is 497. The van der Waals surface area contributed by atoms with Crippen molar-refractivity contribution in [3.63, 3.8) is 0 Å². The molecule has 0 spiro atoms. The van der Waals surface area contributed by atoms with Crippen molar-refractivity contribution >= 4 is 0 Å². The Hall–Kier alpha value is -1.60. The lowest BCUT2D eigenvalue weighted by atomic mass is 9.77. The van der Waals surface area contributed by atoms with Gasteiger partial charge in [0.1, 0.15) is 0 Å². The van der Waals surface area contributed by atoms with Gasteiger partial charge in [0, 0.05) is 6.04 Å². The standard InChI is InChI=1S/C17H19N/c18-17(15-7-4-8-15)16-11-9-14(10-12-16)13-5-2-1-3-6-13/h1-3,5-6,9-12,15,17H,4,7-8,18H2/t17-/m1/s1. The van der Waals surface area contributed by atoms with Gasteiger partial charge in [-0.15, -0.1) is 0 Å². The van der Waals surface area contributed by atoms with Gasteiger partial charge in [0.05, 0.1) is 0 Å². The highest BCUT2D eigenvalue weighted by Gasteiger charge is 2.25. The molecule has 92 valence electrons. The van der Waals surface area contributed by atoms with E-state index < -0.39 is 0 Å². The second kappa shape index (κ2) is 4.95. The lowest BCUT2D eigenvalue weighted by molar-refractivity contribution is 0.264. The lowest BCUT2D eigenvalue weighted by Gasteiger charge is -2.31. The summed E-state index contributed by atoms with van der Waals surface area (Å²) in [5.74, 6) is 0.701. The molecule has 0 heterocycles. The van der Waals surface area contributed by atoms with Crippen molar-refractivity contribution in [2.24, 2.45) is 11.7 Å². The summed E-state index contributed by atoms with van der Waals surface area (Å²) in [6.45, 7) is 0. The van der Waals surface area contributed by atoms with E-state index in [0.29, 0.717) is 5.92 Å². The number of nitrogens with two attached hydrogens (primary N) is 1. The van der Waals surface area contributed by atoms with Crippen LogP contribution in [0.4, 0.5) is 0 Å². The molecule has 1 heteroatoms. The second-order valence-electron chi connectivity index (χ2n) is 5.20. The predicted molar refractivity (Wildman–Crippen MR) is 76.1 cm³/mol. The van der Waals surface area contributed by atoms with Crippen LogP contribution < -0.4 is 5.73 Å². The monoisotopic (exact) mass is 237 g/mol. The molecule has 0 aromatic heterocycles. The van der Waals surface area contributed by atoms with Crippen molar-refractivity contribution in [2.45, 2.75) is 25.3 Å². The van der Waals surface area contributed by atoms with Crippen molar-refractivity contribution in [1.29, 1.82) is 0 Å². The first-order chi connectivity index (χ1) is 8.84. The highest BCUT2D eigenvalue weighted by atomic mass is 14.7. The van der Waals surface area contributed by atoms with E-state index in [1.54, 1.807) is 0 Å². The summed E-state index contributed by atoms with van der Waals surface area (Å²) < 4.78 is 0. The Labute approximate surface area is 109 Å². The molecule has 3 rings (SSSR count).